The minimum absolute atomic E-state index is 0.159. The van der Waals surface area contributed by atoms with Crippen molar-refractivity contribution in [3.8, 4) is 11.5 Å². The summed E-state index contributed by atoms with van der Waals surface area (Å²) in [5, 5.41) is 6.31. The van der Waals surface area contributed by atoms with Crippen LogP contribution in [0.15, 0.2) is 18.2 Å². The van der Waals surface area contributed by atoms with Crippen molar-refractivity contribution >= 4 is 5.91 Å². The number of hydrogen-bond acceptors (Lipinski definition) is 5. The van der Waals surface area contributed by atoms with E-state index in [0.29, 0.717) is 0 Å². The second-order valence-corrected chi connectivity index (χ2v) is 6.31. The molecular formula is C17H25N3O3. The third-order valence-corrected chi connectivity index (χ3v) is 4.59. The van der Waals surface area contributed by atoms with Crippen LogP contribution in [-0.4, -0.2) is 57.2 Å². The fraction of sp³-hybridized carbons (Fsp3) is 0.588. The first-order valence-corrected chi connectivity index (χ1v) is 8.13. The molecule has 6 heteroatoms. The van der Waals surface area contributed by atoms with Gasteiger partial charge in [0, 0.05) is 44.8 Å². The fourth-order valence-electron chi connectivity index (χ4n) is 3.10. The van der Waals surface area contributed by atoms with Crippen LogP contribution in [0.5, 0.6) is 11.5 Å². The molecule has 6 nitrogen and oxygen atoms in total. The first-order valence-electron chi connectivity index (χ1n) is 8.13. The van der Waals surface area contributed by atoms with Gasteiger partial charge >= 0.3 is 0 Å². The Morgan fingerprint density at radius 1 is 1.26 bits per heavy atom. The third kappa shape index (κ3) is 3.95. The van der Waals surface area contributed by atoms with Crippen molar-refractivity contribution in [3.05, 3.63) is 23.8 Å². The van der Waals surface area contributed by atoms with E-state index in [-0.39, 0.29) is 17.9 Å². The number of nitrogens with zero attached hydrogens (tertiary/aromatic N) is 1. The molecule has 2 fully saturated rings. The zero-order chi connectivity index (χ0) is 16.2. The van der Waals surface area contributed by atoms with Gasteiger partial charge in [0.05, 0.1) is 20.1 Å². The lowest BCUT2D eigenvalue weighted by molar-refractivity contribution is -0.127. The predicted molar refractivity (Wildman–Crippen MR) is 87.7 cm³/mol. The van der Waals surface area contributed by atoms with E-state index in [1.807, 2.05) is 18.2 Å². The highest BCUT2D eigenvalue weighted by Crippen LogP contribution is 2.24. The Kier molecular flexibility index (Phi) is 5.03. The minimum atomic E-state index is 0.159. The van der Waals surface area contributed by atoms with Gasteiger partial charge < -0.3 is 20.1 Å². The average molecular weight is 319 g/mol. The molecule has 2 aliphatic heterocycles. The number of ether oxygens (including phenoxy) is 2. The number of hydrogen-bond donors (Lipinski definition) is 2. The maximum Gasteiger partial charge on any atom is 0.225 e. The molecule has 0 bridgehead atoms. The van der Waals surface area contributed by atoms with Gasteiger partial charge in [0.25, 0.3) is 0 Å². The van der Waals surface area contributed by atoms with E-state index in [0.717, 1.165) is 56.2 Å². The van der Waals surface area contributed by atoms with E-state index in [4.69, 9.17) is 9.47 Å². The molecule has 2 saturated heterocycles. The second kappa shape index (κ2) is 7.19. The lowest BCUT2D eigenvalue weighted by Crippen LogP contribution is -2.53. The van der Waals surface area contributed by atoms with Gasteiger partial charge in [0.2, 0.25) is 5.91 Å². The molecule has 0 aromatic heterocycles. The minimum Gasteiger partial charge on any atom is -0.497 e. The zero-order valence-corrected chi connectivity index (χ0v) is 13.8. The quantitative estimate of drug-likeness (QED) is 0.805. The van der Waals surface area contributed by atoms with Crippen molar-refractivity contribution in [3.63, 3.8) is 0 Å². The summed E-state index contributed by atoms with van der Waals surface area (Å²) in [5.41, 5.74) is 1.16. The predicted octanol–water partition coefficient (Wildman–Crippen LogP) is 0.614. The number of rotatable bonds is 6. The number of carbonyl (C=O) groups excluding carboxylic acids is 1. The highest BCUT2D eigenvalue weighted by molar-refractivity contribution is 5.80. The molecule has 23 heavy (non-hydrogen) atoms. The van der Waals surface area contributed by atoms with Crippen LogP contribution in [0, 0.1) is 5.92 Å². The number of carbonyl (C=O) groups is 1. The molecule has 1 aromatic carbocycles. The first-order chi connectivity index (χ1) is 11.2. The van der Waals surface area contributed by atoms with Crippen molar-refractivity contribution in [2.45, 2.75) is 19.0 Å². The molecule has 2 heterocycles. The Morgan fingerprint density at radius 2 is 1.96 bits per heavy atom. The van der Waals surface area contributed by atoms with Crippen LogP contribution >= 0.6 is 0 Å². The van der Waals surface area contributed by atoms with Crippen LogP contribution in [0.4, 0.5) is 0 Å². The second-order valence-electron chi connectivity index (χ2n) is 6.31. The van der Waals surface area contributed by atoms with Crippen molar-refractivity contribution in [2.75, 3.05) is 40.4 Å². The van der Waals surface area contributed by atoms with Crippen LogP contribution in [0.2, 0.25) is 0 Å². The molecule has 0 saturated carbocycles. The van der Waals surface area contributed by atoms with Crippen molar-refractivity contribution in [1.82, 2.24) is 15.5 Å². The number of nitrogens with one attached hydrogen (secondary N) is 2. The van der Waals surface area contributed by atoms with Gasteiger partial charge in [-0.25, -0.2) is 0 Å². The summed E-state index contributed by atoms with van der Waals surface area (Å²) in [6.45, 7) is 4.35. The third-order valence-electron chi connectivity index (χ3n) is 4.59. The van der Waals surface area contributed by atoms with Crippen LogP contribution in [0.1, 0.15) is 12.0 Å². The van der Waals surface area contributed by atoms with Gasteiger partial charge in [-0.15, -0.1) is 0 Å². The summed E-state index contributed by atoms with van der Waals surface area (Å²) < 4.78 is 10.6. The highest BCUT2D eigenvalue weighted by atomic mass is 16.5. The largest absolute Gasteiger partial charge is 0.497 e. The summed E-state index contributed by atoms with van der Waals surface area (Å²) in [5.74, 6) is 1.96. The van der Waals surface area contributed by atoms with Gasteiger partial charge in [-0.3, -0.25) is 9.69 Å². The molecule has 0 radical (unpaired) electrons. The molecule has 0 spiro atoms. The SMILES string of the molecule is COc1cc(CN2CCC(NC(=O)C3CNC3)C2)cc(OC)c1. The van der Waals surface area contributed by atoms with Gasteiger partial charge in [-0.05, 0) is 24.1 Å². The van der Waals surface area contributed by atoms with Crippen LogP contribution in [0.25, 0.3) is 0 Å². The Morgan fingerprint density at radius 3 is 2.52 bits per heavy atom. The van der Waals surface area contributed by atoms with E-state index in [1.54, 1.807) is 14.2 Å². The first kappa shape index (κ1) is 16.1. The van der Waals surface area contributed by atoms with Gasteiger partial charge in [-0.1, -0.05) is 0 Å². The highest BCUT2D eigenvalue weighted by Gasteiger charge is 2.29. The summed E-state index contributed by atoms with van der Waals surface area (Å²) in [4.78, 5) is 14.4. The van der Waals surface area contributed by atoms with E-state index in [9.17, 15) is 4.79 Å². The Bertz CT molecular complexity index is 538. The molecule has 0 aliphatic carbocycles. The smallest absolute Gasteiger partial charge is 0.225 e. The Hall–Kier alpha value is -1.79. The van der Waals surface area contributed by atoms with Gasteiger partial charge in [0.15, 0.2) is 0 Å². The Balaban J connectivity index is 1.54. The molecule has 126 valence electrons. The molecule has 2 aliphatic rings. The zero-order valence-electron chi connectivity index (χ0n) is 13.8. The van der Waals surface area contributed by atoms with Crippen molar-refractivity contribution in [1.29, 1.82) is 0 Å². The summed E-state index contributed by atoms with van der Waals surface area (Å²) >= 11 is 0. The average Bonchev–Trinajstić information content (AvgIpc) is 2.91. The lowest BCUT2D eigenvalue weighted by atomic mass is 10.0. The van der Waals surface area contributed by atoms with E-state index >= 15 is 0 Å². The molecule has 1 amide bonds. The van der Waals surface area contributed by atoms with E-state index in [2.05, 4.69) is 15.5 Å². The number of benzene rings is 1. The number of methoxy groups -OCH3 is 2. The molecule has 1 aromatic rings. The number of amides is 1. The maximum absolute atomic E-state index is 12.0. The van der Waals surface area contributed by atoms with Crippen molar-refractivity contribution in [2.24, 2.45) is 5.92 Å². The summed E-state index contributed by atoms with van der Waals surface area (Å²) in [6.07, 6.45) is 1.01. The lowest BCUT2D eigenvalue weighted by Gasteiger charge is -2.27. The number of likely N-dealkylation sites (tertiary alicyclic amines) is 1. The summed E-state index contributed by atoms with van der Waals surface area (Å²) in [6, 6.07) is 6.21. The fourth-order valence-corrected chi connectivity index (χ4v) is 3.10. The standard InChI is InChI=1S/C17H25N3O3/c1-22-15-5-12(6-16(7-15)23-2)10-20-4-3-14(11-20)19-17(21)13-8-18-9-13/h5-7,13-14,18H,3-4,8-11H2,1-2H3,(H,19,21). The van der Waals surface area contributed by atoms with E-state index in [1.165, 1.54) is 0 Å². The topological polar surface area (TPSA) is 62.8 Å². The molecule has 1 atom stereocenters. The van der Waals surface area contributed by atoms with Crippen molar-refractivity contribution < 1.29 is 14.3 Å². The Labute approximate surface area is 137 Å². The molecule has 2 N–H and O–H groups in total. The van der Waals surface area contributed by atoms with Gasteiger partial charge in [-0.2, -0.15) is 0 Å². The molecule has 1 unspecified atom stereocenters. The maximum atomic E-state index is 12.0. The van der Waals surface area contributed by atoms with Crippen LogP contribution < -0.4 is 20.1 Å². The van der Waals surface area contributed by atoms with E-state index < -0.39 is 0 Å². The monoisotopic (exact) mass is 319 g/mol. The van der Waals surface area contributed by atoms with Gasteiger partial charge in [0.1, 0.15) is 11.5 Å². The van der Waals surface area contributed by atoms with Crippen LogP contribution in [0.3, 0.4) is 0 Å². The normalized spacial score (nSPS) is 21.7. The molecular weight excluding hydrogens is 294 g/mol. The molecule has 3 rings (SSSR count). The van der Waals surface area contributed by atoms with Crippen LogP contribution in [-0.2, 0) is 11.3 Å². The summed E-state index contributed by atoms with van der Waals surface area (Å²) in [7, 11) is 3.32.